The fraction of sp³-hybridized carbons (Fsp3) is 0.667. The Balaban J connectivity index is 2.29. The minimum absolute atomic E-state index is 0.00681. The van der Waals surface area contributed by atoms with E-state index in [1.54, 1.807) is 14.1 Å². The van der Waals surface area contributed by atoms with Gasteiger partial charge in [-0.05, 0) is 24.7 Å². The molecule has 0 aromatic carbocycles. The molecular formula is C12H18N2O2. The Hall–Kier alpha value is -1.32. The van der Waals surface area contributed by atoms with Crippen molar-refractivity contribution in [1.29, 1.82) is 0 Å². The summed E-state index contributed by atoms with van der Waals surface area (Å²) in [5.74, 6) is 0.0715. The fourth-order valence-corrected chi connectivity index (χ4v) is 3.04. The number of hydrogen-bond acceptors (Lipinski definition) is 2. The molecule has 0 radical (unpaired) electrons. The van der Waals surface area contributed by atoms with Gasteiger partial charge < -0.3 is 10.6 Å². The van der Waals surface area contributed by atoms with Crippen molar-refractivity contribution >= 4 is 11.8 Å². The largest absolute Gasteiger partial charge is 0.359 e. The highest BCUT2D eigenvalue weighted by Crippen LogP contribution is 2.44. The van der Waals surface area contributed by atoms with Crippen LogP contribution in [-0.4, -0.2) is 25.9 Å². The second-order valence-electron chi connectivity index (χ2n) is 4.57. The summed E-state index contributed by atoms with van der Waals surface area (Å²) in [7, 11) is 3.27. The summed E-state index contributed by atoms with van der Waals surface area (Å²) < 4.78 is 0. The first-order chi connectivity index (χ1) is 7.69. The van der Waals surface area contributed by atoms with Gasteiger partial charge in [-0.3, -0.25) is 9.59 Å². The number of rotatable bonds is 2. The van der Waals surface area contributed by atoms with Gasteiger partial charge in [0.1, 0.15) is 0 Å². The molecule has 0 saturated heterocycles. The zero-order chi connectivity index (χ0) is 11.7. The minimum Gasteiger partial charge on any atom is -0.359 e. The van der Waals surface area contributed by atoms with Gasteiger partial charge in [0.15, 0.2) is 0 Å². The van der Waals surface area contributed by atoms with Crippen molar-refractivity contribution in [2.75, 3.05) is 14.1 Å². The van der Waals surface area contributed by atoms with Crippen molar-refractivity contribution in [2.24, 2.45) is 23.7 Å². The number of amides is 2. The van der Waals surface area contributed by atoms with Gasteiger partial charge >= 0.3 is 0 Å². The lowest BCUT2D eigenvalue weighted by atomic mass is 9.61. The van der Waals surface area contributed by atoms with E-state index in [9.17, 15) is 9.59 Å². The fourth-order valence-electron chi connectivity index (χ4n) is 3.04. The molecule has 0 aromatic heterocycles. The van der Waals surface area contributed by atoms with E-state index in [0.717, 1.165) is 12.8 Å². The zero-order valence-electron chi connectivity index (χ0n) is 9.69. The number of carbonyl (C=O) groups is 2. The van der Waals surface area contributed by atoms with Gasteiger partial charge in [0.05, 0.1) is 11.8 Å². The van der Waals surface area contributed by atoms with Crippen LogP contribution in [-0.2, 0) is 9.59 Å². The van der Waals surface area contributed by atoms with E-state index in [0.29, 0.717) is 0 Å². The SMILES string of the molecule is CNC(=O)[C@@H]1[C@H](C(=O)NC)[C@@H]2C=C[C@H]1CC2. The summed E-state index contributed by atoms with van der Waals surface area (Å²) in [6.07, 6.45) is 6.25. The second-order valence-corrected chi connectivity index (χ2v) is 4.57. The Morgan fingerprint density at radius 2 is 1.31 bits per heavy atom. The summed E-state index contributed by atoms with van der Waals surface area (Å²) in [4.78, 5) is 23.7. The molecule has 0 unspecified atom stereocenters. The summed E-state index contributed by atoms with van der Waals surface area (Å²) in [5, 5.41) is 5.35. The van der Waals surface area contributed by atoms with Gasteiger partial charge in [-0.15, -0.1) is 0 Å². The topological polar surface area (TPSA) is 58.2 Å². The van der Waals surface area contributed by atoms with E-state index in [2.05, 4.69) is 22.8 Å². The monoisotopic (exact) mass is 222 g/mol. The van der Waals surface area contributed by atoms with E-state index >= 15 is 0 Å². The van der Waals surface area contributed by atoms with Crippen molar-refractivity contribution < 1.29 is 9.59 Å². The molecule has 0 spiro atoms. The van der Waals surface area contributed by atoms with Gasteiger partial charge in [-0.1, -0.05) is 12.2 Å². The Morgan fingerprint density at radius 3 is 1.56 bits per heavy atom. The van der Waals surface area contributed by atoms with Crippen LogP contribution in [0, 0.1) is 23.7 Å². The van der Waals surface area contributed by atoms with Gasteiger partial charge in [0.25, 0.3) is 0 Å². The maximum Gasteiger partial charge on any atom is 0.224 e. The minimum atomic E-state index is -0.186. The molecule has 2 amide bonds. The third-order valence-electron chi connectivity index (χ3n) is 3.85. The van der Waals surface area contributed by atoms with Crippen LogP contribution < -0.4 is 10.6 Å². The maximum absolute atomic E-state index is 11.9. The van der Waals surface area contributed by atoms with E-state index in [1.807, 2.05) is 0 Å². The average molecular weight is 222 g/mol. The molecule has 4 heteroatoms. The van der Waals surface area contributed by atoms with Crippen molar-refractivity contribution in [3.63, 3.8) is 0 Å². The number of allylic oxidation sites excluding steroid dienone is 2. The predicted molar refractivity (Wildman–Crippen MR) is 60.5 cm³/mol. The first-order valence-electron chi connectivity index (χ1n) is 5.80. The van der Waals surface area contributed by atoms with Crippen LogP contribution in [0.3, 0.4) is 0 Å². The molecule has 2 bridgehead atoms. The molecule has 88 valence electrons. The van der Waals surface area contributed by atoms with Crippen LogP contribution in [0.5, 0.6) is 0 Å². The molecule has 3 aliphatic carbocycles. The molecule has 4 atom stereocenters. The Labute approximate surface area is 95.5 Å². The van der Waals surface area contributed by atoms with Gasteiger partial charge in [0.2, 0.25) is 11.8 Å². The van der Waals surface area contributed by atoms with Crippen molar-refractivity contribution in [3.8, 4) is 0 Å². The molecule has 2 N–H and O–H groups in total. The van der Waals surface area contributed by atoms with Gasteiger partial charge in [0, 0.05) is 14.1 Å². The Morgan fingerprint density at radius 1 is 0.938 bits per heavy atom. The summed E-state index contributed by atoms with van der Waals surface area (Å²) in [6, 6.07) is 0. The second kappa shape index (κ2) is 4.28. The van der Waals surface area contributed by atoms with Crippen LogP contribution in [0.1, 0.15) is 12.8 Å². The van der Waals surface area contributed by atoms with Gasteiger partial charge in [-0.2, -0.15) is 0 Å². The molecule has 1 fully saturated rings. The van der Waals surface area contributed by atoms with Crippen LogP contribution in [0.25, 0.3) is 0 Å². The lowest BCUT2D eigenvalue weighted by Crippen LogP contribution is -2.50. The first-order valence-corrected chi connectivity index (χ1v) is 5.80. The summed E-state index contributed by atoms with van der Waals surface area (Å²) >= 11 is 0. The molecular weight excluding hydrogens is 204 g/mol. The quantitative estimate of drug-likeness (QED) is 0.660. The third kappa shape index (κ3) is 1.62. The number of fused-ring (bicyclic) bond motifs is 2. The molecule has 0 heterocycles. The van der Waals surface area contributed by atoms with Gasteiger partial charge in [-0.25, -0.2) is 0 Å². The normalized spacial score (nSPS) is 35.9. The van der Waals surface area contributed by atoms with Crippen molar-refractivity contribution in [2.45, 2.75) is 12.8 Å². The van der Waals surface area contributed by atoms with Crippen molar-refractivity contribution in [3.05, 3.63) is 12.2 Å². The smallest absolute Gasteiger partial charge is 0.224 e. The number of nitrogens with one attached hydrogen (secondary N) is 2. The standard InChI is InChI=1S/C12H18N2O2/c1-13-11(15)9-7-3-5-8(6-4-7)10(9)12(16)14-2/h3,5,7-10H,4,6H2,1-2H3,(H,13,15)(H,14,16)/t7-,8+,9-,10+. The van der Waals surface area contributed by atoms with E-state index in [4.69, 9.17) is 0 Å². The highest BCUT2D eigenvalue weighted by molar-refractivity contribution is 5.88. The maximum atomic E-state index is 11.9. The highest BCUT2D eigenvalue weighted by Gasteiger charge is 2.47. The van der Waals surface area contributed by atoms with E-state index in [1.165, 1.54) is 0 Å². The first kappa shape index (κ1) is 11.2. The third-order valence-corrected chi connectivity index (χ3v) is 3.85. The lowest BCUT2D eigenvalue weighted by molar-refractivity contribution is -0.140. The summed E-state index contributed by atoms with van der Waals surface area (Å²) in [5.41, 5.74) is 0. The molecule has 0 aromatic rings. The van der Waals surface area contributed by atoms with Crippen LogP contribution in [0.2, 0.25) is 0 Å². The number of hydrogen-bond donors (Lipinski definition) is 2. The average Bonchev–Trinajstić information content (AvgIpc) is 2.37. The predicted octanol–water partition coefficient (Wildman–Crippen LogP) is 0.307. The van der Waals surface area contributed by atoms with E-state index < -0.39 is 0 Å². The van der Waals surface area contributed by atoms with Crippen LogP contribution in [0.15, 0.2) is 12.2 Å². The molecule has 3 aliphatic rings. The number of carbonyl (C=O) groups excluding carboxylic acids is 2. The molecule has 4 nitrogen and oxygen atoms in total. The Bertz CT molecular complexity index is 306. The Kier molecular flexibility index (Phi) is 2.99. The van der Waals surface area contributed by atoms with Crippen LogP contribution in [0.4, 0.5) is 0 Å². The van der Waals surface area contributed by atoms with Crippen LogP contribution >= 0.6 is 0 Å². The molecule has 16 heavy (non-hydrogen) atoms. The zero-order valence-corrected chi connectivity index (χ0v) is 9.69. The lowest BCUT2D eigenvalue weighted by Gasteiger charge is -2.42. The van der Waals surface area contributed by atoms with E-state index in [-0.39, 0.29) is 35.5 Å². The summed E-state index contributed by atoms with van der Waals surface area (Å²) in [6.45, 7) is 0. The van der Waals surface area contributed by atoms with Crippen molar-refractivity contribution in [1.82, 2.24) is 10.6 Å². The molecule has 1 saturated carbocycles. The highest BCUT2D eigenvalue weighted by atomic mass is 16.2. The molecule has 0 aliphatic heterocycles. The molecule has 3 rings (SSSR count).